The second-order valence-electron chi connectivity index (χ2n) is 19.7. The van der Waals surface area contributed by atoms with Gasteiger partial charge < -0.3 is 25.5 Å². The van der Waals surface area contributed by atoms with Gasteiger partial charge in [-0.25, -0.2) is 39.7 Å². The molecule has 0 bridgehead atoms. The first-order valence-electron chi connectivity index (χ1n) is 24.2. The number of carboxylic acids is 3. The normalized spacial score (nSPS) is 16.4. The lowest BCUT2D eigenvalue weighted by atomic mass is 9.93. The second-order valence-corrected chi connectivity index (χ2v) is 23.7. The SMILES string of the molecule is CC(C)(C#Cc1ccc(-c2ccc(Cl)c3c(CN(C(=O)/C=C/C(=O)N(CCC(=O)O)C(CC(=O)O)C(=O)O)[SH](=O)=O)nn(CC(F)(F)F)c23)c(C(Cc2cc(F)cc(F)c2)NC(=O)Cn2nc(C(F)(F)F)c3c2C(F)(F)[C@@H]2C[C@H]32)n1)S(C)(=O)=O. The van der Waals surface area contributed by atoms with E-state index in [1.807, 2.05) is 0 Å². The molecule has 0 aliphatic heterocycles. The molecular formula is C50H43ClF10N8O13S2. The highest BCUT2D eigenvalue weighted by Gasteiger charge is 2.68. The third-order valence-corrected chi connectivity index (χ3v) is 16.4. The molecule has 84 heavy (non-hydrogen) atoms. The molecule has 0 saturated heterocycles. The summed E-state index contributed by atoms with van der Waals surface area (Å²) in [6.45, 7) is -3.26. The first kappa shape index (κ1) is 63.5. The largest absolute Gasteiger partial charge is 0.481 e. The number of carbonyl (C=O) groups excluding carboxylic acids is 3. The van der Waals surface area contributed by atoms with E-state index in [9.17, 15) is 90.9 Å². The van der Waals surface area contributed by atoms with Gasteiger partial charge in [0.1, 0.15) is 46.9 Å². The van der Waals surface area contributed by atoms with Crippen LogP contribution in [-0.4, -0.2) is 131 Å². The second kappa shape index (κ2) is 23.5. The van der Waals surface area contributed by atoms with Crippen molar-refractivity contribution in [3.05, 3.63) is 111 Å². The summed E-state index contributed by atoms with van der Waals surface area (Å²) in [6, 6.07) is 2.14. The number of benzene rings is 2. The summed E-state index contributed by atoms with van der Waals surface area (Å²) in [6.07, 6.45) is -12.5. The number of carboxylic acid groups (broad SMARTS) is 3. The number of aliphatic carboxylic acids is 3. The Morgan fingerprint density at radius 3 is 2.12 bits per heavy atom. The Balaban J connectivity index is 1.40. The standard InChI is InChI=1S/C50H43ClF10N8O13S2/c1-47(2,84(3,81)82)12-10-26-4-5-27(42(62-26)32(16-23-14-24(52)17-25(53)15-23)63-35(70)21-67-45-40(44(65-67)50(59,60)61)29-18-30(29)49(45,57)58)28-6-7-31(51)41-33(64-68(43(28)41)22-48(54,55)56)20-69(83(79)80)37(72)9-8-36(71)66(13-11-38(73)74)34(46(77)78)19-39(75)76/h4-9,14-15,17,29-30,32,34,83H,11,13,16,18-22H2,1-3H3,(H,63,70)(H,73,74)(H,75,76)(H,77,78)/b9-8+/t29-,30+,32?,34?/m0/s1. The lowest BCUT2D eigenvalue weighted by molar-refractivity contribution is -0.154. The molecule has 2 aromatic carbocycles. The number of pyridine rings is 1. The fourth-order valence-corrected chi connectivity index (χ4v) is 10.3. The smallest absolute Gasteiger partial charge is 0.435 e. The topological polar surface area (TPSA) is 298 Å². The molecule has 0 radical (unpaired) electrons. The molecular weight excluding hydrogens is 1210 g/mol. The summed E-state index contributed by atoms with van der Waals surface area (Å²) in [5, 5.41) is 36.7. The summed E-state index contributed by atoms with van der Waals surface area (Å²) in [7, 11) is -8.15. The zero-order valence-corrected chi connectivity index (χ0v) is 45.7. The minimum absolute atomic E-state index is 0.0803. The van der Waals surface area contributed by atoms with Crippen molar-refractivity contribution in [2.24, 2.45) is 5.92 Å². The lowest BCUT2D eigenvalue weighted by Gasteiger charge is -2.26. The van der Waals surface area contributed by atoms with E-state index in [0.29, 0.717) is 6.07 Å². The molecule has 5 aromatic rings. The van der Waals surface area contributed by atoms with Crippen LogP contribution in [0.5, 0.6) is 0 Å². The van der Waals surface area contributed by atoms with Crippen LogP contribution in [0.2, 0.25) is 5.02 Å². The van der Waals surface area contributed by atoms with Gasteiger partial charge >= 0.3 is 30.3 Å². The van der Waals surface area contributed by atoms with Gasteiger partial charge in [-0.05, 0) is 74.4 Å². The summed E-state index contributed by atoms with van der Waals surface area (Å²) in [5.41, 5.74) is -7.09. The Labute approximate surface area is 473 Å². The van der Waals surface area contributed by atoms with Crippen LogP contribution in [0.3, 0.4) is 0 Å². The van der Waals surface area contributed by atoms with Crippen LogP contribution in [0.4, 0.5) is 43.9 Å². The van der Waals surface area contributed by atoms with Crippen molar-refractivity contribution in [1.82, 2.24) is 39.1 Å². The fraction of sp³-hybridized carbons (Fsp3) is 0.380. The number of fused-ring (bicyclic) bond motifs is 4. The van der Waals surface area contributed by atoms with Gasteiger partial charge in [-0.3, -0.25) is 33.3 Å². The Kier molecular flexibility index (Phi) is 17.8. The average Bonchev–Trinajstić information content (AvgIpc) is 1.57. The molecule has 34 heteroatoms. The van der Waals surface area contributed by atoms with E-state index in [2.05, 4.69) is 32.3 Å². The van der Waals surface area contributed by atoms with Gasteiger partial charge in [0.15, 0.2) is 15.5 Å². The number of aromatic nitrogens is 5. The molecule has 4 N–H and O–H groups in total. The number of nitrogens with zero attached hydrogens (tertiary/aromatic N) is 7. The molecule has 2 unspecified atom stereocenters. The fourth-order valence-electron chi connectivity index (χ4n) is 9.28. The minimum Gasteiger partial charge on any atom is -0.481 e. The van der Waals surface area contributed by atoms with Crippen LogP contribution in [0.25, 0.3) is 22.0 Å². The van der Waals surface area contributed by atoms with Crippen LogP contribution < -0.4 is 5.32 Å². The van der Waals surface area contributed by atoms with Gasteiger partial charge in [0, 0.05) is 59.0 Å². The molecule has 21 nitrogen and oxygen atoms in total. The van der Waals surface area contributed by atoms with E-state index in [-0.39, 0.29) is 54.0 Å². The van der Waals surface area contributed by atoms with Crippen LogP contribution >= 0.6 is 11.6 Å². The molecule has 4 atom stereocenters. The number of hydrogen-bond acceptors (Lipinski definition) is 13. The van der Waals surface area contributed by atoms with E-state index in [1.54, 1.807) is 0 Å². The summed E-state index contributed by atoms with van der Waals surface area (Å²) in [5.74, 6) is -13.9. The maximum Gasteiger partial charge on any atom is 0.435 e. The molecule has 2 aliphatic rings. The van der Waals surface area contributed by atoms with Crippen molar-refractivity contribution >= 4 is 78.9 Å². The number of thiol groups is 1. The first-order valence-corrected chi connectivity index (χ1v) is 27.6. The molecule has 3 amide bonds. The summed E-state index contributed by atoms with van der Waals surface area (Å²) in [4.78, 5) is 80.5. The highest BCUT2D eigenvalue weighted by atomic mass is 35.5. The third kappa shape index (κ3) is 13.9. The van der Waals surface area contributed by atoms with Gasteiger partial charge in [0.05, 0.1) is 47.4 Å². The van der Waals surface area contributed by atoms with E-state index in [4.69, 9.17) is 16.7 Å². The zero-order valence-electron chi connectivity index (χ0n) is 43.2. The van der Waals surface area contributed by atoms with Crippen LogP contribution in [0.15, 0.2) is 54.6 Å². The highest BCUT2D eigenvalue weighted by molar-refractivity contribution is 7.92. The molecule has 1 fully saturated rings. The van der Waals surface area contributed by atoms with Gasteiger partial charge in [-0.2, -0.15) is 45.3 Å². The number of hydrogen-bond donors (Lipinski definition) is 5. The van der Waals surface area contributed by atoms with Crippen molar-refractivity contribution in [1.29, 1.82) is 0 Å². The summed E-state index contributed by atoms with van der Waals surface area (Å²) >= 11 is 6.63. The monoisotopic (exact) mass is 1250 g/mol. The van der Waals surface area contributed by atoms with Crippen molar-refractivity contribution < 1.29 is 105 Å². The molecule has 2 aliphatic carbocycles. The van der Waals surface area contributed by atoms with E-state index >= 15 is 8.78 Å². The molecule has 7 rings (SSSR count). The van der Waals surface area contributed by atoms with Crippen molar-refractivity contribution in [3.8, 4) is 23.0 Å². The predicted octanol–water partition coefficient (Wildman–Crippen LogP) is 5.93. The Morgan fingerprint density at radius 1 is 0.917 bits per heavy atom. The average molecular weight is 1250 g/mol. The van der Waals surface area contributed by atoms with Crippen LogP contribution in [0, 0.1) is 29.4 Å². The lowest BCUT2D eigenvalue weighted by Crippen LogP contribution is -2.46. The predicted molar refractivity (Wildman–Crippen MR) is 270 cm³/mol. The quantitative estimate of drug-likeness (QED) is 0.0246. The minimum atomic E-state index is -5.27. The number of carbonyl (C=O) groups is 6. The zero-order chi connectivity index (χ0) is 62.5. The first-order chi connectivity index (χ1) is 38.8. The van der Waals surface area contributed by atoms with Gasteiger partial charge in [-0.1, -0.05) is 23.6 Å². The number of rotatable bonds is 21. The highest BCUT2D eigenvalue weighted by Crippen LogP contribution is 2.68. The van der Waals surface area contributed by atoms with Gasteiger partial charge in [0.25, 0.3) is 11.8 Å². The van der Waals surface area contributed by atoms with E-state index < -0.39 is 210 Å². The Bertz CT molecular complexity index is 3830. The number of nitrogens with one attached hydrogen (secondary N) is 1. The van der Waals surface area contributed by atoms with Crippen molar-refractivity contribution in [2.75, 3.05) is 12.8 Å². The molecule has 0 spiro atoms. The van der Waals surface area contributed by atoms with Crippen LogP contribution in [0.1, 0.15) is 84.7 Å². The number of alkyl halides is 8. The molecule has 3 aromatic heterocycles. The molecule has 3 heterocycles. The Hall–Kier alpha value is -8.12. The van der Waals surface area contributed by atoms with Crippen LogP contribution in [-0.2, 0) is 87.6 Å². The molecule has 1 saturated carbocycles. The maximum absolute atomic E-state index is 15.7. The van der Waals surface area contributed by atoms with Gasteiger partial charge in [-0.15, -0.1) is 0 Å². The third-order valence-electron chi connectivity index (χ3n) is 13.4. The summed E-state index contributed by atoms with van der Waals surface area (Å²) < 4.78 is 197. The van der Waals surface area contributed by atoms with E-state index in [0.717, 1.165) is 42.7 Å². The van der Waals surface area contributed by atoms with Gasteiger partial charge in [0.2, 0.25) is 22.7 Å². The van der Waals surface area contributed by atoms with Crippen molar-refractivity contribution in [3.63, 3.8) is 0 Å². The number of amides is 3. The number of halogens is 11. The molecule has 450 valence electrons. The Morgan fingerprint density at radius 2 is 1.55 bits per heavy atom. The van der Waals surface area contributed by atoms with Crippen molar-refractivity contribution in [2.45, 2.75) is 100 Å². The number of sulfone groups is 1. The van der Waals surface area contributed by atoms with E-state index in [1.165, 1.54) is 13.8 Å². The maximum atomic E-state index is 15.7.